The van der Waals surface area contributed by atoms with Crippen LogP contribution in [0.15, 0.2) is 53.7 Å². The van der Waals surface area contributed by atoms with Crippen LogP contribution in [0.2, 0.25) is 0 Å². The molecular formula is C21H29N5O. The van der Waals surface area contributed by atoms with Gasteiger partial charge in [-0.25, -0.2) is 0 Å². The van der Waals surface area contributed by atoms with Crippen molar-refractivity contribution >= 4 is 5.96 Å². The van der Waals surface area contributed by atoms with Crippen molar-refractivity contribution < 1.29 is 4.74 Å². The Kier molecular flexibility index (Phi) is 7.04. The number of aliphatic imine (C=N–C) groups is 1. The number of aromatic nitrogens is 1. The van der Waals surface area contributed by atoms with E-state index in [1.54, 1.807) is 7.11 Å². The molecule has 3 rings (SSSR count). The third-order valence-electron chi connectivity index (χ3n) is 4.91. The van der Waals surface area contributed by atoms with Crippen LogP contribution in [0.25, 0.3) is 0 Å². The van der Waals surface area contributed by atoms with Crippen molar-refractivity contribution in [3.8, 4) is 5.75 Å². The highest BCUT2D eigenvalue weighted by Gasteiger charge is 2.23. The quantitative estimate of drug-likeness (QED) is 0.553. The normalized spacial score (nSPS) is 16.3. The van der Waals surface area contributed by atoms with Gasteiger partial charge in [0.1, 0.15) is 5.75 Å². The lowest BCUT2D eigenvalue weighted by atomic mass is 10.1. The van der Waals surface area contributed by atoms with Gasteiger partial charge in [-0.05, 0) is 55.8 Å². The monoisotopic (exact) mass is 367 g/mol. The number of pyridine rings is 1. The van der Waals surface area contributed by atoms with Gasteiger partial charge in [-0.1, -0.05) is 18.2 Å². The average Bonchev–Trinajstić information content (AvgIpc) is 3.24. The second-order valence-electron chi connectivity index (χ2n) is 6.76. The number of benzene rings is 1. The van der Waals surface area contributed by atoms with Crippen molar-refractivity contribution in [1.82, 2.24) is 15.2 Å². The first-order valence-corrected chi connectivity index (χ1v) is 9.58. The standard InChI is InChI=1S/C21H29N5O/c1-27-19-9-6-7-17(15-19)20(26-13-4-5-14-26)16-25-21(22)24-12-10-18-8-2-3-11-23-18/h2-3,6-9,11,15,20H,4-5,10,12-14,16H2,1H3,(H3,22,24,25). The van der Waals surface area contributed by atoms with Crippen LogP contribution in [0.3, 0.4) is 0 Å². The molecule has 0 saturated carbocycles. The van der Waals surface area contributed by atoms with E-state index in [-0.39, 0.29) is 6.04 Å². The Hall–Kier alpha value is -2.60. The molecule has 1 aromatic carbocycles. The summed E-state index contributed by atoms with van der Waals surface area (Å²) < 4.78 is 5.39. The van der Waals surface area contributed by atoms with E-state index in [0.29, 0.717) is 12.5 Å². The second kappa shape index (κ2) is 9.92. The summed E-state index contributed by atoms with van der Waals surface area (Å²) in [6.07, 6.45) is 5.11. The third kappa shape index (κ3) is 5.69. The number of nitrogens with one attached hydrogen (secondary N) is 1. The highest BCUT2D eigenvalue weighted by molar-refractivity contribution is 5.77. The van der Waals surface area contributed by atoms with Gasteiger partial charge in [-0.2, -0.15) is 0 Å². The van der Waals surface area contributed by atoms with Crippen LogP contribution in [0.1, 0.15) is 30.1 Å². The molecule has 0 bridgehead atoms. The van der Waals surface area contributed by atoms with Gasteiger partial charge < -0.3 is 15.8 Å². The number of hydrogen-bond donors (Lipinski definition) is 2. The molecule has 1 fully saturated rings. The smallest absolute Gasteiger partial charge is 0.188 e. The summed E-state index contributed by atoms with van der Waals surface area (Å²) in [4.78, 5) is 11.4. The number of guanidine groups is 1. The molecule has 2 heterocycles. The van der Waals surface area contributed by atoms with Gasteiger partial charge in [0.15, 0.2) is 5.96 Å². The molecule has 1 aliphatic rings. The maximum atomic E-state index is 6.09. The van der Waals surface area contributed by atoms with E-state index in [1.165, 1.54) is 18.4 Å². The average molecular weight is 367 g/mol. The molecular weight excluding hydrogens is 338 g/mol. The summed E-state index contributed by atoms with van der Waals surface area (Å²) in [6.45, 7) is 3.56. The van der Waals surface area contributed by atoms with Crippen molar-refractivity contribution in [3.63, 3.8) is 0 Å². The fourth-order valence-corrected chi connectivity index (χ4v) is 3.44. The zero-order chi connectivity index (χ0) is 18.9. The highest BCUT2D eigenvalue weighted by Crippen LogP contribution is 2.27. The van der Waals surface area contributed by atoms with Crippen molar-refractivity contribution in [2.75, 3.05) is 33.3 Å². The summed E-state index contributed by atoms with van der Waals surface area (Å²) in [7, 11) is 1.70. The summed E-state index contributed by atoms with van der Waals surface area (Å²) in [5.74, 6) is 1.36. The summed E-state index contributed by atoms with van der Waals surface area (Å²) in [5, 5.41) is 3.20. The van der Waals surface area contributed by atoms with E-state index in [2.05, 4.69) is 32.3 Å². The molecule has 0 aliphatic carbocycles. The van der Waals surface area contributed by atoms with Gasteiger partial charge in [-0.15, -0.1) is 0 Å². The molecule has 6 nitrogen and oxygen atoms in total. The second-order valence-corrected chi connectivity index (χ2v) is 6.76. The lowest BCUT2D eigenvalue weighted by Crippen LogP contribution is -2.35. The van der Waals surface area contributed by atoms with Crippen LogP contribution >= 0.6 is 0 Å². The summed E-state index contributed by atoms with van der Waals surface area (Å²) in [5.41, 5.74) is 8.36. The minimum atomic E-state index is 0.221. The Balaban J connectivity index is 1.60. The van der Waals surface area contributed by atoms with Crippen molar-refractivity contribution in [3.05, 3.63) is 59.9 Å². The SMILES string of the molecule is COc1cccc(C(CN=C(N)NCCc2ccccn2)N2CCCC2)c1. The maximum Gasteiger partial charge on any atom is 0.188 e. The molecule has 6 heteroatoms. The zero-order valence-electron chi connectivity index (χ0n) is 16.0. The lowest BCUT2D eigenvalue weighted by Gasteiger charge is -2.27. The van der Waals surface area contributed by atoms with Gasteiger partial charge >= 0.3 is 0 Å². The third-order valence-corrected chi connectivity index (χ3v) is 4.91. The number of nitrogens with zero attached hydrogens (tertiary/aromatic N) is 3. The fraction of sp³-hybridized carbons (Fsp3) is 0.429. The molecule has 2 aromatic rings. The van der Waals surface area contributed by atoms with Gasteiger partial charge in [0.05, 0.1) is 19.7 Å². The Morgan fingerprint density at radius 2 is 2.11 bits per heavy atom. The first-order valence-electron chi connectivity index (χ1n) is 9.58. The van der Waals surface area contributed by atoms with Crippen LogP contribution < -0.4 is 15.8 Å². The van der Waals surface area contributed by atoms with Gasteiger partial charge in [-0.3, -0.25) is 14.9 Å². The van der Waals surface area contributed by atoms with E-state index < -0.39 is 0 Å². The molecule has 27 heavy (non-hydrogen) atoms. The predicted molar refractivity (Wildman–Crippen MR) is 109 cm³/mol. The Bertz CT molecular complexity index is 728. The number of hydrogen-bond acceptors (Lipinski definition) is 4. The fourth-order valence-electron chi connectivity index (χ4n) is 3.44. The van der Waals surface area contributed by atoms with Gasteiger partial charge in [0.25, 0.3) is 0 Å². The van der Waals surface area contributed by atoms with Crippen LogP contribution in [-0.2, 0) is 6.42 Å². The largest absolute Gasteiger partial charge is 0.497 e. The molecule has 1 aliphatic heterocycles. The number of rotatable bonds is 8. The molecule has 0 spiro atoms. The maximum absolute atomic E-state index is 6.09. The van der Waals surface area contributed by atoms with E-state index in [1.807, 2.05) is 36.5 Å². The Morgan fingerprint density at radius 3 is 2.85 bits per heavy atom. The molecule has 144 valence electrons. The molecule has 3 N–H and O–H groups in total. The van der Waals surface area contributed by atoms with E-state index in [9.17, 15) is 0 Å². The number of ether oxygens (including phenoxy) is 1. The van der Waals surface area contributed by atoms with Crippen molar-refractivity contribution in [2.24, 2.45) is 10.7 Å². The molecule has 1 aromatic heterocycles. The number of likely N-dealkylation sites (tertiary alicyclic amines) is 1. The summed E-state index contributed by atoms with van der Waals surface area (Å²) in [6, 6.07) is 14.4. The zero-order valence-corrected chi connectivity index (χ0v) is 16.0. The lowest BCUT2D eigenvalue weighted by molar-refractivity contribution is 0.251. The van der Waals surface area contributed by atoms with E-state index >= 15 is 0 Å². The molecule has 1 saturated heterocycles. The Morgan fingerprint density at radius 1 is 1.26 bits per heavy atom. The van der Waals surface area contributed by atoms with Crippen molar-refractivity contribution in [1.29, 1.82) is 0 Å². The van der Waals surface area contributed by atoms with Gasteiger partial charge in [0.2, 0.25) is 0 Å². The molecule has 1 atom stereocenters. The van der Waals surface area contributed by atoms with Crippen LogP contribution in [0.4, 0.5) is 0 Å². The minimum Gasteiger partial charge on any atom is -0.497 e. The van der Waals surface area contributed by atoms with Crippen LogP contribution in [0, 0.1) is 0 Å². The highest BCUT2D eigenvalue weighted by atomic mass is 16.5. The van der Waals surface area contributed by atoms with Crippen molar-refractivity contribution in [2.45, 2.75) is 25.3 Å². The topological polar surface area (TPSA) is 75.8 Å². The number of nitrogens with two attached hydrogens (primary N) is 1. The number of methoxy groups -OCH3 is 1. The summed E-state index contributed by atoms with van der Waals surface area (Å²) >= 11 is 0. The first-order chi connectivity index (χ1) is 13.3. The van der Waals surface area contributed by atoms with E-state index in [0.717, 1.165) is 37.5 Å². The van der Waals surface area contributed by atoms with Crippen LogP contribution in [0.5, 0.6) is 5.75 Å². The van der Waals surface area contributed by atoms with Gasteiger partial charge in [0, 0.05) is 24.9 Å². The van der Waals surface area contributed by atoms with Crippen LogP contribution in [-0.4, -0.2) is 49.1 Å². The van der Waals surface area contributed by atoms with E-state index in [4.69, 9.17) is 10.5 Å². The predicted octanol–water partition coefficient (Wildman–Crippen LogP) is 2.37. The molecule has 0 amide bonds. The Labute approximate surface area is 161 Å². The molecule has 0 radical (unpaired) electrons. The first kappa shape index (κ1) is 19.2. The molecule has 1 unspecified atom stereocenters. The minimum absolute atomic E-state index is 0.221.